The molecule has 1 heterocycles. The van der Waals surface area contributed by atoms with Crippen molar-refractivity contribution in [2.24, 2.45) is 0 Å². The van der Waals surface area contributed by atoms with E-state index in [2.05, 4.69) is 6.58 Å². The number of hydrogen-bond acceptors (Lipinski definition) is 4. The van der Waals surface area contributed by atoms with E-state index in [1.807, 2.05) is 5.32 Å². The van der Waals surface area contributed by atoms with Crippen molar-refractivity contribution in [3.8, 4) is 0 Å². The van der Waals surface area contributed by atoms with E-state index in [1.165, 1.54) is 0 Å². The van der Waals surface area contributed by atoms with Crippen molar-refractivity contribution in [3.05, 3.63) is 12.7 Å². The Morgan fingerprint density at radius 1 is 1.54 bits per heavy atom. The number of nitrogens with zero attached hydrogens (tertiary/aromatic N) is 1. The maximum atomic E-state index is 11.1. The smallest absolute Gasteiger partial charge is 0.276 e. The van der Waals surface area contributed by atoms with Crippen LogP contribution in [0.3, 0.4) is 0 Å². The van der Waals surface area contributed by atoms with Gasteiger partial charge in [0.2, 0.25) is 11.8 Å². The van der Waals surface area contributed by atoms with Gasteiger partial charge in [-0.1, -0.05) is 6.08 Å². The summed E-state index contributed by atoms with van der Waals surface area (Å²) >= 11 is 1.02. The molecule has 4 amide bonds. The molecule has 0 aromatic carbocycles. The van der Waals surface area contributed by atoms with Crippen LogP contribution in [0.25, 0.3) is 0 Å². The lowest BCUT2D eigenvalue weighted by atomic mass is 10.3. The zero-order valence-corrected chi connectivity index (χ0v) is 7.60. The molecule has 0 atom stereocenters. The van der Waals surface area contributed by atoms with Gasteiger partial charge in [-0.2, -0.15) is 0 Å². The Morgan fingerprint density at radius 2 is 2.23 bits per heavy atom. The number of barbiturate groups is 1. The second kappa shape index (κ2) is 4.08. The number of carbonyl (C=O) groups is 3. The maximum Gasteiger partial charge on any atom is 0.341 e. The van der Waals surface area contributed by atoms with Gasteiger partial charge >= 0.3 is 6.03 Å². The van der Waals surface area contributed by atoms with E-state index >= 15 is 0 Å². The minimum absolute atomic E-state index is 0.268. The third kappa shape index (κ3) is 2.32. The third-order valence-corrected chi connectivity index (χ3v) is 2.30. The Labute approximate surface area is 79.3 Å². The average molecular weight is 200 g/mol. The molecule has 1 aliphatic rings. The van der Waals surface area contributed by atoms with Crippen LogP contribution in [-0.4, -0.2) is 27.9 Å². The normalized spacial score (nSPS) is 17.2. The van der Waals surface area contributed by atoms with Crippen molar-refractivity contribution in [2.45, 2.75) is 6.42 Å². The first-order valence-corrected chi connectivity index (χ1v) is 4.50. The molecule has 1 saturated heterocycles. The number of carbonyl (C=O) groups excluding carboxylic acids is 3. The van der Waals surface area contributed by atoms with E-state index in [0.29, 0.717) is 5.75 Å². The van der Waals surface area contributed by atoms with E-state index in [0.717, 1.165) is 16.3 Å². The summed E-state index contributed by atoms with van der Waals surface area (Å²) in [4.78, 5) is 32.8. The maximum absolute atomic E-state index is 11.1. The molecule has 0 aliphatic carbocycles. The van der Waals surface area contributed by atoms with Crippen molar-refractivity contribution in [1.29, 1.82) is 0 Å². The first-order valence-electron chi connectivity index (χ1n) is 3.55. The van der Waals surface area contributed by atoms with Crippen LogP contribution in [0.2, 0.25) is 0 Å². The van der Waals surface area contributed by atoms with Crippen LogP contribution in [0, 0.1) is 0 Å². The lowest BCUT2D eigenvalue weighted by Gasteiger charge is -2.22. The molecule has 0 bridgehead atoms. The van der Waals surface area contributed by atoms with Crippen LogP contribution in [0.5, 0.6) is 0 Å². The monoisotopic (exact) mass is 200 g/mol. The van der Waals surface area contributed by atoms with Crippen molar-refractivity contribution in [3.63, 3.8) is 0 Å². The number of rotatable bonds is 3. The summed E-state index contributed by atoms with van der Waals surface area (Å²) in [6.45, 7) is 3.45. The lowest BCUT2D eigenvalue weighted by molar-refractivity contribution is -0.132. The van der Waals surface area contributed by atoms with Gasteiger partial charge < -0.3 is 0 Å². The van der Waals surface area contributed by atoms with Gasteiger partial charge in [-0.05, 0) is 11.9 Å². The second-order valence-electron chi connectivity index (χ2n) is 2.30. The molecule has 1 aliphatic heterocycles. The molecule has 0 radical (unpaired) electrons. The predicted molar refractivity (Wildman–Crippen MR) is 47.7 cm³/mol. The van der Waals surface area contributed by atoms with Gasteiger partial charge in [-0.25, -0.2) is 9.10 Å². The van der Waals surface area contributed by atoms with Crippen LogP contribution in [0.1, 0.15) is 6.42 Å². The summed E-state index contributed by atoms with van der Waals surface area (Å²) < 4.78 is 0.934. The summed E-state index contributed by atoms with van der Waals surface area (Å²) in [5, 5.41) is 2.04. The highest BCUT2D eigenvalue weighted by atomic mass is 32.2. The largest absolute Gasteiger partial charge is 0.341 e. The minimum Gasteiger partial charge on any atom is -0.276 e. The summed E-state index contributed by atoms with van der Waals surface area (Å²) in [6.07, 6.45) is 1.30. The van der Waals surface area contributed by atoms with Crippen LogP contribution < -0.4 is 5.32 Å². The number of nitrogens with one attached hydrogen (secondary N) is 1. The standard InChI is InChI=1S/C7H8N2O3S/c1-2-3-13-9-6(11)4-5(10)8-7(9)12/h2H,1,3-4H2,(H,8,10,12). The van der Waals surface area contributed by atoms with Crippen LogP contribution in [0.15, 0.2) is 12.7 Å². The fourth-order valence-electron chi connectivity index (χ4n) is 0.795. The quantitative estimate of drug-likeness (QED) is 0.404. The van der Waals surface area contributed by atoms with E-state index in [1.54, 1.807) is 6.08 Å². The Hall–Kier alpha value is -1.30. The molecule has 6 heteroatoms. The first-order chi connectivity index (χ1) is 6.15. The highest BCUT2D eigenvalue weighted by Gasteiger charge is 2.30. The lowest BCUT2D eigenvalue weighted by Crippen LogP contribution is -2.49. The fraction of sp³-hybridized carbons (Fsp3) is 0.286. The van der Waals surface area contributed by atoms with E-state index in [9.17, 15) is 14.4 Å². The molecule has 0 aromatic rings. The van der Waals surface area contributed by atoms with Gasteiger partial charge in [0.25, 0.3) is 0 Å². The van der Waals surface area contributed by atoms with E-state index < -0.39 is 17.8 Å². The molecular weight excluding hydrogens is 192 g/mol. The molecular formula is C7H8N2O3S. The van der Waals surface area contributed by atoms with Gasteiger partial charge in [0.15, 0.2) is 0 Å². The van der Waals surface area contributed by atoms with Crippen LogP contribution in [0.4, 0.5) is 4.79 Å². The van der Waals surface area contributed by atoms with Gasteiger partial charge in [-0.3, -0.25) is 14.9 Å². The Bertz CT molecular complexity index is 257. The van der Waals surface area contributed by atoms with Crippen LogP contribution in [-0.2, 0) is 9.59 Å². The molecule has 1 rings (SSSR count). The number of hydrogen-bond donors (Lipinski definition) is 1. The number of imide groups is 2. The molecule has 0 unspecified atom stereocenters. The second-order valence-corrected chi connectivity index (χ2v) is 3.26. The Balaban J connectivity index is 2.61. The van der Waals surface area contributed by atoms with Crippen molar-refractivity contribution < 1.29 is 14.4 Å². The van der Waals surface area contributed by atoms with Gasteiger partial charge in [-0.15, -0.1) is 6.58 Å². The summed E-state index contributed by atoms with van der Waals surface area (Å²) in [5.41, 5.74) is 0. The summed E-state index contributed by atoms with van der Waals surface area (Å²) in [7, 11) is 0. The Kier molecular flexibility index (Phi) is 3.07. The molecule has 1 N–H and O–H groups in total. The van der Waals surface area contributed by atoms with Gasteiger partial charge in [0.1, 0.15) is 6.42 Å². The van der Waals surface area contributed by atoms with Gasteiger partial charge in [0, 0.05) is 5.75 Å². The highest BCUT2D eigenvalue weighted by molar-refractivity contribution is 7.98. The average Bonchev–Trinajstić information content (AvgIpc) is 2.02. The summed E-state index contributed by atoms with van der Waals surface area (Å²) in [6, 6.07) is -0.673. The zero-order valence-electron chi connectivity index (χ0n) is 6.78. The topological polar surface area (TPSA) is 66.5 Å². The molecule has 1 fully saturated rings. The zero-order chi connectivity index (χ0) is 9.84. The first kappa shape index (κ1) is 9.79. The molecule has 70 valence electrons. The Morgan fingerprint density at radius 3 is 2.77 bits per heavy atom. The van der Waals surface area contributed by atoms with Crippen molar-refractivity contribution in [1.82, 2.24) is 9.62 Å². The highest BCUT2D eigenvalue weighted by Crippen LogP contribution is 2.14. The fourth-order valence-corrected chi connectivity index (χ4v) is 1.42. The van der Waals surface area contributed by atoms with Crippen molar-refractivity contribution >= 4 is 29.8 Å². The van der Waals surface area contributed by atoms with Crippen molar-refractivity contribution in [2.75, 3.05) is 5.75 Å². The number of amides is 4. The minimum atomic E-state index is -0.673. The number of urea groups is 1. The molecule has 13 heavy (non-hydrogen) atoms. The van der Waals surface area contributed by atoms with E-state index in [-0.39, 0.29) is 6.42 Å². The third-order valence-electron chi connectivity index (χ3n) is 1.29. The molecule has 0 aromatic heterocycles. The summed E-state index contributed by atoms with van der Waals surface area (Å²) in [5.74, 6) is -0.584. The molecule has 5 nitrogen and oxygen atoms in total. The molecule has 0 spiro atoms. The van der Waals surface area contributed by atoms with E-state index in [4.69, 9.17) is 0 Å². The molecule has 0 saturated carbocycles. The predicted octanol–water partition coefficient (Wildman–Crippen LogP) is 0.289. The van der Waals surface area contributed by atoms with Crippen LogP contribution >= 0.6 is 11.9 Å². The SMILES string of the molecule is C=CCSN1C(=O)CC(=O)NC1=O. The van der Waals surface area contributed by atoms with Gasteiger partial charge in [0.05, 0.1) is 0 Å².